The van der Waals surface area contributed by atoms with Gasteiger partial charge in [-0.1, -0.05) is 11.6 Å². The second kappa shape index (κ2) is 4.75. The molecule has 7 nitrogen and oxygen atoms in total. The van der Waals surface area contributed by atoms with E-state index in [0.717, 1.165) is 6.42 Å². The normalized spacial score (nSPS) is 22.4. The molecule has 1 aliphatic rings. The van der Waals surface area contributed by atoms with E-state index in [1.807, 2.05) is 11.5 Å². The first-order valence-electron chi connectivity index (χ1n) is 6.58. The van der Waals surface area contributed by atoms with Gasteiger partial charge in [0.2, 0.25) is 5.95 Å². The quantitative estimate of drug-likeness (QED) is 0.697. The first-order chi connectivity index (χ1) is 9.58. The van der Waals surface area contributed by atoms with Crippen LogP contribution in [0.15, 0.2) is 22.8 Å². The predicted octanol–water partition coefficient (Wildman–Crippen LogP) is 0.277. The highest BCUT2D eigenvalue weighted by molar-refractivity contribution is 5.70. The summed E-state index contributed by atoms with van der Waals surface area (Å²) in [6, 6.07) is 0. The van der Waals surface area contributed by atoms with Crippen LogP contribution in [-0.4, -0.2) is 31.2 Å². The minimum absolute atomic E-state index is 0.0932. The predicted molar refractivity (Wildman–Crippen MR) is 75.0 cm³/mol. The van der Waals surface area contributed by atoms with Crippen LogP contribution in [0.2, 0.25) is 0 Å². The standard InChI is InChI=1S/C13H17N5O2/c1-7-2-8(3-9(7)5-19)4-18-6-15-10-11(18)16-13(14)17-12(10)20/h2,6,8-9,19H,3-5H2,1H3,(H3,14,16,17,20)/t8-,9+/m0/s1. The summed E-state index contributed by atoms with van der Waals surface area (Å²) < 4.78 is 1.84. The Hall–Kier alpha value is -2.15. The van der Waals surface area contributed by atoms with E-state index in [-0.39, 0.29) is 24.0 Å². The van der Waals surface area contributed by atoms with Gasteiger partial charge in [-0.3, -0.25) is 9.78 Å². The second-order valence-electron chi connectivity index (χ2n) is 5.31. The third-order valence-electron chi connectivity index (χ3n) is 3.87. The number of anilines is 1. The van der Waals surface area contributed by atoms with Gasteiger partial charge < -0.3 is 15.4 Å². The SMILES string of the molecule is CC1=C[C@H](Cn2cnc3c(=O)[nH]c(N)nc32)C[C@@H]1CO. The van der Waals surface area contributed by atoms with E-state index < -0.39 is 0 Å². The van der Waals surface area contributed by atoms with Crippen molar-refractivity contribution in [2.45, 2.75) is 19.9 Å². The summed E-state index contributed by atoms with van der Waals surface area (Å²) in [5.41, 5.74) is 7.27. The molecule has 0 amide bonds. The fourth-order valence-corrected chi connectivity index (χ4v) is 2.83. The van der Waals surface area contributed by atoms with Crippen LogP contribution in [-0.2, 0) is 6.54 Å². The topological polar surface area (TPSA) is 110 Å². The molecule has 0 saturated carbocycles. The molecule has 106 valence electrons. The summed E-state index contributed by atoms with van der Waals surface area (Å²) in [6.45, 7) is 2.89. The molecule has 0 saturated heterocycles. The average molecular weight is 275 g/mol. The highest BCUT2D eigenvalue weighted by Crippen LogP contribution is 2.31. The number of aliphatic hydroxyl groups is 1. The number of allylic oxidation sites excluding steroid dienone is 1. The van der Waals surface area contributed by atoms with Crippen LogP contribution in [0.3, 0.4) is 0 Å². The van der Waals surface area contributed by atoms with Crippen molar-refractivity contribution >= 4 is 17.1 Å². The van der Waals surface area contributed by atoms with Crippen molar-refractivity contribution in [1.82, 2.24) is 19.5 Å². The van der Waals surface area contributed by atoms with Crippen LogP contribution < -0.4 is 11.3 Å². The Morgan fingerprint density at radius 2 is 2.40 bits per heavy atom. The monoisotopic (exact) mass is 275 g/mol. The van der Waals surface area contributed by atoms with Crippen molar-refractivity contribution in [3.8, 4) is 0 Å². The minimum Gasteiger partial charge on any atom is -0.396 e. The number of nitrogens with one attached hydrogen (secondary N) is 1. The molecule has 0 spiro atoms. The lowest BCUT2D eigenvalue weighted by atomic mass is 10.0. The Labute approximate surface area is 115 Å². The molecule has 2 aromatic rings. The molecule has 20 heavy (non-hydrogen) atoms. The Bertz CT molecular complexity index is 730. The van der Waals surface area contributed by atoms with Gasteiger partial charge in [0, 0.05) is 19.1 Å². The van der Waals surface area contributed by atoms with Crippen LogP contribution in [0.4, 0.5) is 5.95 Å². The van der Waals surface area contributed by atoms with Gasteiger partial charge in [0.1, 0.15) is 0 Å². The van der Waals surface area contributed by atoms with Crippen molar-refractivity contribution in [3.05, 3.63) is 28.3 Å². The lowest BCUT2D eigenvalue weighted by Crippen LogP contribution is -2.14. The summed E-state index contributed by atoms with van der Waals surface area (Å²) in [4.78, 5) is 22.4. The number of aromatic amines is 1. The number of nitrogen functional groups attached to an aromatic ring is 1. The van der Waals surface area contributed by atoms with Crippen molar-refractivity contribution < 1.29 is 5.11 Å². The third-order valence-corrected chi connectivity index (χ3v) is 3.87. The van der Waals surface area contributed by atoms with Gasteiger partial charge in [-0.05, 0) is 19.3 Å². The molecule has 0 fully saturated rings. The smallest absolute Gasteiger partial charge is 0.280 e. The lowest BCUT2D eigenvalue weighted by Gasteiger charge is -2.11. The van der Waals surface area contributed by atoms with Gasteiger partial charge in [-0.15, -0.1) is 0 Å². The lowest BCUT2D eigenvalue weighted by molar-refractivity contribution is 0.236. The van der Waals surface area contributed by atoms with Gasteiger partial charge in [0.25, 0.3) is 5.56 Å². The summed E-state index contributed by atoms with van der Waals surface area (Å²) in [5, 5.41) is 9.29. The van der Waals surface area contributed by atoms with Crippen molar-refractivity contribution in [1.29, 1.82) is 0 Å². The zero-order valence-electron chi connectivity index (χ0n) is 11.2. The molecule has 0 bridgehead atoms. The number of H-pyrrole nitrogens is 1. The van der Waals surface area contributed by atoms with Crippen LogP contribution in [0.5, 0.6) is 0 Å². The van der Waals surface area contributed by atoms with Gasteiger partial charge in [0.15, 0.2) is 11.2 Å². The summed E-state index contributed by atoms with van der Waals surface area (Å²) in [6.07, 6.45) is 4.69. The van der Waals surface area contributed by atoms with Crippen molar-refractivity contribution in [2.24, 2.45) is 11.8 Å². The molecule has 0 aliphatic heterocycles. The van der Waals surface area contributed by atoms with E-state index in [1.54, 1.807) is 6.33 Å². The molecule has 2 heterocycles. The number of imidazole rings is 1. The Balaban J connectivity index is 1.91. The molecule has 0 unspecified atom stereocenters. The van der Waals surface area contributed by atoms with E-state index in [4.69, 9.17) is 5.73 Å². The summed E-state index contributed by atoms with van der Waals surface area (Å²) in [7, 11) is 0. The number of aliphatic hydroxyl groups excluding tert-OH is 1. The molecule has 3 rings (SSSR count). The molecule has 4 N–H and O–H groups in total. The highest BCUT2D eigenvalue weighted by Gasteiger charge is 2.24. The summed E-state index contributed by atoms with van der Waals surface area (Å²) >= 11 is 0. The first kappa shape index (κ1) is 12.9. The molecular weight excluding hydrogens is 258 g/mol. The minimum atomic E-state index is -0.322. The van der Waals surface area contributed by atoms with Crippen molar-refractivity contribution in [2.75, 3.05) is 12.3 Å². The van der Waals surface area contributed by atoms with Crippen molar-refractivity contribution in [3.63, 3.8) is 0 Å². The number of aromatic nitrogens is 4. The fourth-order valence-electron chi connectivity index (χ4n) is 2.83. The summed E-state index contributed by atoms with van der Waals surface area (Å²) in [5.74, 6) is 0.638. The Morgan fingerprint density at radius 3 is 3.10 bits per heavy atom. The molecule has 7 heteroatoms. The van der Waals surface area contributed by atoms with Crippen LogP contribution in [0, 0.1) is 11.8 Å². The Morgan fingerprint density at radius 1 is 1.60 bits per heavy atom. The number of hydrogen-bond acceptors (Lipinski definition) is 5. The van der Waals surface area contributed by atoms with Gasteiger partial charge >= 0.3 is 0 Å². The molecular formula is C13H17N5O2. The number of nitrogens with two attached hydrogens (primary N) is 1. The van der Waals surface area contributed by atoms with Crippen LogP contribution in [0.25, 0.3) is 11.2 Å². The maximum atomic E-state index is 11.7. The molecule has 1 aliphatic carbocycles. The maximum Gasteiger partial charge on any atom is 0.280 e. The first-order valence-corrected chi connectivity index (χ1v) is 6.58. The van der Waals surface area contributed by atoms with E-state index in [0.29, 0.717) is 23.6 Å². The van der Waals surface area contributed by atoms with Crippen LogP contribution in [0.1, 0.15) is 13.3 Å². The number of hydrogen-bond donors (Lipinski definition) is 3. The zero-order valence-corrected chi connectivity index (χ0v) is 11.2. The molecule has 0 aromatic carbocycles. The average Bonchev–Trinajstić information content (AvgIpc) is 2.94. The van der Waals surface area contributed by atoms with Gasteiger partial charge in [-0.25, -0.2) is 4.98 Å². The van der Waals surface area contributed by atoms with Gasteiger partial charge in [-0.2, -0.15) is 4.98 Å². The third kappa shape index (κ3) is 2.09. The number of fused-ring (bicyclic) bond motifs is 1. The maximum absolute atomic E-state index is 11.7. The zero-order chi connectivity index (χ0) is 14.3. The fraction of sp³-hybridized carbons (Fsp3) is 0.462. The number of nitrogens with zero attached hydrogens (tertiary/aromatic N) is 3. The second-order valence-corrected chi connectivity index (χ2v) is 5.31. The van der Waals surface area contributed by atoms with E-state index in [1.165, 1.54) is 5.57 Å². The molecule has 0 radical (unpaired) electrons. The molecule has 2 atom stereocenters. The Kier molecular flexibility index (Phi) is 3.06. The highest BCUT2D eigenvalue weighted by atomic mass is 16.3. The van der Waals surface area contributed by atoms with E-state index in [9.17, 15) is 9.90 Å². The largest absolute Gasteiger partial charge is 0.396 e. The van der Waals surface area contributed by atoms with E-state index >= 15 is 0 Å². The van der Waals surface area contributed by atoms with E-state index in [2.05, 4.69) is 21.0 Å². The number of rotatable bonds is 3. The van der Waals surface area contributed by atoms with Crippen LogP contribution >= 0.6 is 0 Å². The van der Waals surface area contributed by atoms with Gasteiger partial charge in [0.05, 0.1) is 6.33 Å². The molecule has 2 aromatic heterocycles.